The third kappa shape index (κ3) is 3.69. The first-order valence-corrected chi connectivity index (χ1v) is 9.45. The van der Waals surface area contributed by atoms with Crippen molar-refractivity contribution in [3.05, 3.63) is 53.5 Å². The molecule has 0 bridgehead atoms. The van der Waals surface area contributed by atoms with E-state index in [1.54, 1.807) is 36.5 Å². The minimum absolute atomic E-state index is 0.196. The molecule has 3 rings (SSSR count). The molecule has 1 heterocycles. The molecular formula is C16H16N2O3S2. The third-order valence-corrected chi connectivity index (χ3v) is 5.70. The fraction of sp³-hybridized carbons (Fsp3) is 0.188. The van der Waals surface area contributed by atoms with Crippen molar-refractivity contribution < 1.29 is 13.2 Å². The predicted octanol–water partition coefficient (Wildman–Crippen LogP) is 3.17. The van der Waals surface area contributed by atoms with Crippen LogP contribution in [0.4, 0.5) is 0 Å². The van der Waals surface area contributed by atoms with Crippen LogP contribution in [0.15, 0.2) is 53.4 Å². The van der Waals surface area contributed by atoms with Gasteiger partial charge in [0.15, 0.2) is 0 Å². The minimum atomic E-state index is -3.48. The molecule has 2 aromatic carbocycles. The lowest BCUT2D eigenvalue weighted by Crippen LogP contribution is -2.23. The average molecular weight is 348 g/mol. The maximum absolute atomic E-state index is 12.0. The molecule has 0 aliphatic heterocycles. The van der Waals surface area contributed by atoms with Gasteiger partial charge in [-0.25, -0.2) is 18.1 Å². The number of hydrogen-bond donors (Lipinski definition) is 1. The van der Waals surface area contributed by atoms with Crippen molar-refractivity contribution in [3.63, 3.8) is 0 Å². The molecule has 23 heavy (non-hydrogen) atoms. The highest BCUT2D eigenvalue weighted by Crippen LogP contribution is 2.24. The zero-order valence-electron chi connectivity index (χ0n) is 12.5. The van der Waals surface area contributed by atoms with E-state index in [-0.39, 0.29) is 4.90 Å². The van der Waals surface area contributed by atoms with Crippen molar-refractivity contribution in [3.8, 4) is 5.75 Å². The number of sulfonamides is 1. The van der Waals surface area contributed by atoms with Crippen molar-refractivity contribution >= 4 is 31.6 Å². The number of aromatic nitrogens is 1. The van der Waals surface area contributed by atoms with Gasteiger partial charge >= 0.3 is 0 Å². The molecule has 0 aliphatic carbocycles. The van der Waals surface area contributed by atoms with Gasteiger partial charge in [0.05, 0.1) is 15.1 Å². The summed E-state index contributed by atoms with van der Waals surface area (Å²) in [6.45, 7) is 2.40. The van der Waals surface area contributed by atoms with Crippen molar-refractivity contribution in [2.75, 3.05) is 6.54 Å². The van der Waals surface area contributed by atoms with Crippen molar-refractivity contribution in [2.45, 2.75) is 18.4 Å². The van der Waals surface area contributed by atoms with E-state index in [2.05, 4.69) is 9.71 Å². The Morgan fingerprint density at radius 2 is 2.00 bits per heavy atom. The molecule has 0 atom stereocenters. The molecule has 0 spiro atoms. The number of para-hydroxylation sites is 1. The number of fused-ring (bicyclic) bond motifs is 1. The lowest BCUT2D eigenvalue weighted by atomic mass is 10.3. The highest BCUT2D eigenvalue weighted by atomic mass is 32.2. The maximum atomic E-state index is 12.0. The van der Waals surface area contributed by atoms with Crippen LogP contribution in [0.3, 0.4) is 0 Å². The van der Waals surface area contributed by atoms with E-state index < -0.39 is 10.0 Å². The monoisotopic (exact) mass is 348 g/mol. The number of benzene rings is 2. The van der Waals surface area contributed by atoms with Gasteiger partial charge in [0.1, 0.15) is 17.4 Å². The summed E-state index contributed by atoms with van der Waals surface area (Å²) in [6.07, 6.45) is 0. The van der Waals surface area contributed by atoms with Crippen LogP contribution >= 0.6 is 11.3 Å². The Bertz CT molecular complexity index is 887. The summed E-state index contributed by atoms with van der Waals surface area (Å²) in [5.74, 6) is 0.503. The van der Waals surface area contributed by atoms with E-state index in [9.17, 15) is 8.42 Å². The maximum Gasteiger partial charge on any atom is 0.240 e. The first-order valence-electron chi connectivity index (χ1n) is 7.15. The molecule has 5 nitrogen and oxygen atoms in total. The van der Waals surface area contributed by atoms with Gasteiger partial charge < -0.3 is 4.74 Å². The van der Waals surface area contributed by atoms with Crippen LogP contribution in [-0.2, 0) is 16.6 Å². The van der Waals surface area contributed by atoms with E-state index in [4.69, 9.17) is 4.74 Å². The van der Waals surface area contributed by atoms with Crippen molar-refractivity contribution in [2.24, 2.45) is 0 Å². The molecule has 0 radical (unpaired) electrons. The van der Waals surface area contributed by atoms with Crippen LogP contribution in [0.25, 0.3) is 10.2 Å². The Balaban J connectivity index is 1.75. The lowest BCUT2D eigenvalue weighted by Gasteiger charge is -2.08. The van der Waals surface area contributed by atoms with E-state index >= 15 is 0 Å². The Kier molecular flexibility index (Phi) is 4.61. The predicted molar refractivity (Wildman–Crippen MR) is 91.3 cm³/mol. The second-order valence-electron chi connectivity index (χ2n) is 4.84. The highest BCUT2D eigenvalue weighted by molar-refractivity contribution is 7.89. The van der Waals surface area contributed by atoms with E-state index in [1.165, 1.54) is 6.07 Å². The van der Waals surface area contributed by atoms with E-state index in [1.807, 2.05) is 24.3 Å². The van der Waals surface area contributed by atoms with Crippen LogP contribution in [0.5, 0.6) is 5.75 Å². The molecule has 0 amide bonds. The summed E-state index contributed by atoms with van der Waals surface area (Å²) < 4.78 is 33.3. The highest BCUT2D eigenvalue weighted by Gasteiger charge is 2.13. The summed E-state index contributed by atoms with van der Waals surface area (Å²) in [5.41, 5.74) is 0.944. The molecule has 0 aliphatic rings. The van der Waals surface area contributed by atoms with Gasteiger partial charge in [0.2, 0.25) is 10.0 Å². The molecular weight excluding hydrogens is 332 g/mol. The summed E-state index contributed by atoms with van der Waals surface area (Å²) in [6, 6.07) is 14.4. The number of nitrogens with one attached hydrogen (secondary N) is 1. The molecule has 0 fully saturated rings. The summed E-state index contributed by atoms with van der Waals surface area (Å²) in [5, 5.41) is 0.853. The first kappa shape index (κ1) is 15.9. The molecule has 1 aromatic heterocycles. The van der Waals surface area contributed by atoms with Crippen molar-refractivity contribution in [1.29, 1.82) is 0 Å². The SMILES string of the molecule is CCNS(=O)(=O)c1cccc(OCc2nc3ccccc3s2)c1. The number of thiazole rings is 1. The van der Waals surface area contributed by atoms with Gasteiger partial charge in [-0.1, -0.05) is 25.1 Å². The van der Waals surface area contributed by atoms with Crippen LogP contribution in [-0.4, -0.2) is 19.9 Å². The second-order valence-corrected chi connectivity index (χ2v) is 7.72. The zero-order valence-corrected chi connectivity index (χ0v) is 14.2. The molecule has 0 saturated heterocycles. The molecule has 1 N–H and O–H groups in total. The van der Waals surface area contributed by atoms with Crippen LogP contribution in [0.1, 0.15) is 11.9 Å². The van der Waals surface area contributed by atoms with Gasteiger partial charge in [-0.2, -0.15) is 0 Å². The molecule has 0 unspecified atom stereocenters. The lowest BCUT2D eigenvalue weighted by molar-refractivity contribution is 0.305. The first-order chi connectivity index (χ1) is 11.1. The standard InChI is InChI=1S/C16H16N2O3S2/c1-2-17-23(19,20)13-7-5-6-12(10-13)21-11-16-18-14-8-3-4-9-15(14)22-16/h3-10,17H,2,11H2,1H3. The minimum Gasteiger partial charge on any atom is -0.486 e. The zero-order chi connectivity index (χ0) is 16.3. The number of ether oxygens (including phenoxy) is 1. The number of nitrogens with zero attached hydrogens (tertiary/aromatic N) is 1. The van der Waals surface area contributed by atoms with E-state index in [0.29, 0.717) is 18.9 Å². The van der Waals surface area contributed by atoms with E-state index in [0.717, 1.165) is 15.2 Å². The summed E-state index contributed by atoms with van der Waals surface area (Å²) in [7, 11) is -3.48. The Labute approximate surface area is 139 Å². The Hall–Kier alpha value is -1.96. The smallest absolute Gasteiger partial charge is 0.240 e. The largest absolute Gasteiger partial charge is 0.486 e. The van der Waals surface area contributed by atoms with Gasteiger partial charge in [0.25, 0.3) is 0 Å². The summed E-state index contributed by atoms with van der Waals surface area (Å²) in [4.78, 5) is 4.69. The van der Waals surface area contributed by atoms with Gasteiger partial charge in [-0.05, 0) is 24.3 Å². The normalized spacial score (nSPS) is 11.7. The molecule has 120 valence electrons. The topological polar surface area (TPSA) is 68.3 Å². The molecule has 0 saturated carbocycles. The number of hydrogen-bond acceptors (Lipinski definition) is 5. The number of rotatable bonds is 6. The average Bonchev–Trinajstić information content (AvgIpc) is 2.96. The van der Waals surface area contributed by atoms with Crippen LogP contribution in [0, 0.1) is 0 Å². The fourth-order valence-electron chi connectivity index (χ4n) is 2.13. The van der Waals surface area contributed by atoms with Gasteiger partial charge in [-0.15, -0.1) is 11.3 Å². The Morgan fingerprint density at radius 3 is 2.78 bits per heavy atom. The van der Waals surface area contributed by atoms with Gasteiger partial charge in [0, 0.05) is 12.6 Å². The van der Waals surface area contributed by atoms with Crippen LogP contribution in [0.2, 0.25) is 0 Å². The molecule has 7 heteroatoms. The summed E-state index contributed by atoms with van der Waals surface area (Å²) >= 11 is 1.57. The van der Waals surface area contributed by atoms with Gasteiger partial charge in [-0.3, -0.25) is 0 Å². The fourth-order valence-corrected chi connectivity index (χ4v) is 4.09. The van der Waals surface area contributed by atoms with Crippen LogP contribution < -0.4 is 9.46 Å². The second kappa shape index (κ2) is 6.66. The Morgan fingerprint density at radius 1 is 1.17 bits per heavy atom. The molecule has 3 aromatic rings. The third-order valence-electron chi connectivity index (χ3n) is 3.15. The quantitative estimate of drug-likeness (QED) is 0.743. The van der Waals surface area contributed by atoms with Crippen molar-refractivity contribution in [1.82, 2.24) is 9.71 Å².